The van der Waals surface area contributed by atoms with Gasteiger partial charge in [0.2, 0.25) is 0 Å². The second-order valence-electron chi connectivity index (χ2n) is 8.35. The normalized spacial score (nSPS) is 11.8. The van der Waals surface area contributed by atoms with Gasteiger partial charge in [0.05, 0.1) is 0 Å². The molecule has 0 radical (unpaired) electrons. The van der Waals surface area contributed by atoms with Gasteiger partial charge in [-0.2, -0.15) is 0 Å². The summed E-state index contributed by atoms with van der Waals surface area (Å²) < 4.78 is 6.53. The zero-order chi connectivity index (χ0) is 21.7. The first-order valence-electron chi connectivity index (χ1n) is 10.5. The van der Waals surface area contributed by atoms with E-state index in [4.69, 9.17) is 4.74 Å². The minimum Gasteiger partial charge on any atom is -0.488 e. The maximum Gasteiger partial charge on any atom is 0.131 e. The average molecular weight is 397 g/mol. The molecule has 0 saturated carbocycles. The van der Waals surface area contributed by atoms with Crippen molar-refractivity contribution in [2.24, 2.45) is 0 Å². The van der Waals surface area contributed by atoms with Crippen LogP contribution in [-0.4, -0.2) is 0 Å². The molecule has 1 heteroatoms. The molecule has 3 aromatic carbocycles. The predicted octanol–water partition coefficient (Wildman–Crippen LogP) is 7.67. The van der Waals surface area contributed by atoms with E-state index in [1.54, 1.807) is 0 Å². The van der Waals surface area contributed by atoms with Crippen molar-refractivity contribution in [3.63, 3.8) is 0 Å². The van der Waals surface area contributed by atoms with E-state index in [9.17, 15) is 0 Å². The molecule has 0 atom stereocenters. The SMILES string of the molecule is C=C(C)/C(Cc1cccc(C)c1)=C(/OCc1cccc(C)c1)c1ccc(C)cc1C. The lowest BCUT2D eigenvalue weighted by Gasteiger charge is -2.20. The van der Waals surface area contributed by atoms with Crippen LogP contribution in [0.15, 0.2) is 84.5 Å². The van der Waals surface area contributed by atoms with E-state index in [1.807, 2.05) is 0 Å². The Morgan fingerprint density at radius 2 is 1.37 bits per heavy atom. The molecule has 0 fully saturated rings. The molecule has 154 valence electrons. The van der Waals surface area contributed by atoms with Crippen molar-refractivity contribution in [1.29, 1.82) is 0 Å². The minimum atomic E-state index is 0.537. The van der Waals surface area contributed by atoms with Gasteiger partial charge in [0.25, 0.3) is 0 Å². The lowest BCUT2D eigenvalue weighted by Crippen LogP contribution is -2.04. The molecule has 0 aliphatic heterocycles. The van der Waals surface area contributed by atoms with Gasteiger partial charge in [-0.25, -0.2) is 0 Å². The zero-order valence-corrected chi connectivity index (χ0v) is 18.9. The van der Waals surface area contributed by atoms with E-state index in [2.05, 4.69) is 108 Å². The zero-order valence-electron chi connectivity index (χ0n) is 18.9. The van der Waals surface area contributed by atoms with E-state index in [0.717, 1.165) is 28.9 Å². The summed E-state index contributed by atoms with van der Waals surface area (Å²) in [4.78, 5) is 0. The van der Waals surface area contributed by atoms with Gasteiger partial charge in [-0.1, -0.05) is 95.6 Å². The van der Waals surface area contributed by atoms with Gasteiger partial charge in [-0.05, 0) is 51.3 Å². The van der Waals surface area contributed by atoms with Gasteiger partial charge in [-0.3, -0.25) is 0 Å². The smallest absolute Gasteiger partial charge is 0.131 e. The molecule has 1 nitrogen and oxygen atoms in total. The van der Waals surface area contributed by atoms with Crippen molar-refractivity contribution >= 4 is 5.76 Å². The van der Waals surface area contributed by atoms with Crippen LogP contribution in [0, 0.1) is 27.7 Å². The first kappa shape index (κ1) is 21.6. The van der Waals surface area contributed by atoms with E-state index >= 15 is 0 Å². The second-order valence-corrected chi connectivity index (χ2v) is 8.35. The van der Waals surface area contributed by atoms with Crippen LogP contribution in [0.3, 0.4) is 0 Å². The highest BCUT2D eigenvalue weighted by atomic mass is 16.5. The van der Waals surface area contributed by atoms with E-state index < -0.39 is 0 Å². The Morgan fingerprint density at radius 3 is 1.97 bits per heavy atom. The van der Waals surface area contributed by atoms with E-state index in [1.165, 1.54) is 33.4 Å². The second kappa shape index (κ2) is 9.63. The van der Waals surface area contributed by atoms with Crippen LogP contribution in [0.2, 0.25) is 0 Å². The first-order chi connectivity index (χ1) is 14.3. The Labute approximate surface area is 181 Å². The molecule has 3 aromatic rings. The van der Waals surface area contributed by atoms with Crippen molar-refractivity contribution in [2.45, 2.75) is 47.6 Å². The highest BCUT2D eigenvalue weighted by Gasteiger charge is 2.16. The van der Waals surface area contributed by atoms with Crippen LogP contribution in [0.1, 0.15) is 45.9 Å². The van der Waals surface area contributed by atoms with Crippen LogP contribution in [0.4, 0.5) is 0 Å². The van der Waals surface area contributed by atoms with Crippen molar-refractivity contribution in [1.82, 2.24) is 0 Å². The van der Waals surface area contributed by atoms with Gasteiger partial charge < -0.3 is 4.74 Å². The summed E-state index contributed by atoms with van der Waals surface area (Å²) in [6, 6.07) is 23.7. The number of ether oxygens (including phenoxy) is 1. The summed E-state index contributed by atoms with van der Waals surface area (Å²) in [6.45, 7) is 15.4. The highest BCUT2D eigenvalue weighted by Crippen LogP contribution is 2.31. The largest absolute Gasteiger partial charge is 0.488 e. The summed E-state index contributed by atoms with van der Waals surface area (Å²) in [6.07, 6.45) is 0.799. The highest BCUT2D eigenvalue weighted by molar-refractivity contribution is 5.70. The third-order valence-corrected chi connectivity index (χ3v) is 5.34. The molecule has 0 aliphatic rings. The molecule has 0 spiro atoms. The van der Waals surface area contributed by atoms with Crippen LogP contribution >= 0.6 is 0 Å². The van der Waals surface area contributed by atoms with Gasteiger partial charge in [0.1, 0.15) is 12.4 Å². The summed E-state index contributed by atoms with van der Waals surface area (Å²) in [5, 5.41) is 0. The third kappa shape index (κ3) is 5.51. The number of hydrogen-bond donors (Lipinski definition) is 0. The van der Waals surface area contributed by atoms with Crippen LogP contribution in [0.5, 0.6) is 0 Å². The molecule has 0 saturated heterocycles. The molecule has 3 rings (SSSR count). The summed E-state index contributed by atoms with van der Waals surface area (Å²) in [7, 11) is 0. The molecule has 0 amide bonds. The van der Waals surface area contributed by atoms with Crippen molar-refractivity contribution in [2.75, 3.05) is 0 Å². The molecule has 0 aromatic heterocycles. The summed E-state index contributed by atoms with van der Waals surface area (Å²) in [5.41, 5.74) is 10.8. The topological polar surface area (TPSA) is 9.23 Å². The molecule has 0 bridgehead atoms. The van der Waals surface area contributed by atoms with Gasteiger partial charge in [-0.15, -0.1) is 0 Å². The van der Waals surface area contributed by atoms with Crippen LogP contribution < -0.4 is 0 Å². The Morgan fingerprint density at radius 1 is 0.767 bits per heavy atom. The van der Waals surface area contributed by atoms with Gasteiger partial charge >= 0.3 is 0 Å². The third-order valence-electron chi connectivity index (χ3n) is 5.34. The summed E-state index contributed by atoms with van der Waals surface area (Å²) >= 11 is 0. The summed E-state index contributed by atoms with van der Waals surface area (Å²) in [5.74, 6) is 0.933. The van der Waals surface area contributed by atoms with Gasteiger partial charge in [0.15, 0.2) is 0 Å². The van der Waals surface area contributed by atoms with E-state index in [-0.39, 0.29) is 0 Å². The maximum absolute atomic E-state index is 6.53. The first-order valence-corrected chi connectivity index (χ1v) is 10.5. The average Bonchev–Trinajstić information content (AvgIpc) is 2.68. The Kier molecular flexibility index (Phi) is 6.95. The van der Waals surface area contributed by atoms with Crippen molar-refractivity contribution in [3.8, 4) is 0 Å². The molecule has 0 heterocycles. The maximum atomic E-state index is 6.53. The number of hydrogen-bond acceptors (Lipinski definition) is 1. The van der Waals surface area contributed by atoms with Crippen LogP contribution in [0.25, 0.3) is 5.76 Å². The fourth-order valence-electron chi connectivity index (χ4n) is 3.80. The number of allylic oxidation sites excluding steroid dienone is 2. The molecular weight excluding hydrogens is 364 g/mol. The predicted molar refractivity (Wildman–Crippen MR) is 129 cm³/mol. The lowest BCUT2D eigenvalue weighted by molar-refractivity contribution is 0.261. The minimum absolute atomic E-state index is 0.537. The van der Waals surface area contributed by atoms with Crippen LogP contribution in [-0.2, 0) is 17.8 Å². The van der Waals surface area contributed by atoms with E-state index in [0.29, 0.717) is 6.61 Å². The fourth-order valence-corrected chi connectivity index (χ4v) is 3.80. The monoisotopic (exact) mass is 396 g/mol. The lowest BCUT2D eigenvalue weighted by atomic mass is 9.93. The number of benzene rings is 3. The van der Waals surface area contributed by atoms with Crippen molar-refractivity contribution in [3.05, 3.63) is 123 Å². The molecule has 0 unspecified atom stereocenters. The molecular formula is C29H32O. The Bertz CT molecular complexity index is 1090. The molecule has 0 aliphatic carbocycles. The number of aryl methyl sites for hydroxylation is 4. The fraction of sp³-hybridized carbons (Fsp3) is 0.241. The Balaban J connectivity index is 2.07. The van der Waals surface area contributed by atoms with Crippen molar-refractivity contribution < 1.29 is 4.74 Å². The Hall–Kier alpha value is -3.06. The standard InChI is InChI=1S/C29H32O/c1-20(2)28(18-25-11-7-9-21(3)16-25)29(27-14-13-23(5)15-24(27)6)30-19-26-12-8-10-22(4)17-26/h7-17H,1,18-19H2,2-6H3/b29-28+. The molecule has 0 N–H and O–H groups in total. The molecule has 30 heavy (non-hydrogen) atoms. The van der Waals surface area contributed by atoms with Gasteiger partial charge in [0, 0.05) is 17.6 Å². The quantitative estimate of drug-likeness (QED) is 0.294. The number of rotatable bonds is 7.